The second-order valence-corrected chi connectivity index (χ2v) is 6.31. The number of nitrogens with one attached hydrogen (secondary N) is 2. The van der Waals surface area contributed by atoms with Crippen LogP contribution in [-0.2, 0) is 19.5 Å². The zero-order valence-corrected chi connectivity index (χ0v) is 13.7. The molecule has 8 heteroatoms. The number of aromatic nitrogens is 3. The number of hydrogen-bond donors (Lipinski definition) is 2. The number of benzene rings is 1. The minimum absolute atomic E-state index is 0.0649. The van der Waals surface area contributed by atoms with Crippen LogP contribution in [0.3, 0.4) is 0 Å². The van der Waals surface area contributed by atoms with Gasteiger partial charge in [0.15, 0.2) is 0 Å². The van der Waals surface area contributed by atoms with Crippen LogP contribution in [0.2, 0.25) is 0 Å². The topological polar surface area (TPSA) is 108 Å². The van der Waals surface area contributed by atoms with Crippen LogP contribution in [0.25, 0.3) is 10.9 Å². The maximum absolute atomic E-state index is 12.0. The second kappa shape index (κ2) is 5.82. The monoisotopic (exact) mass is 339 g/mol. The van der Waals surface area contributed by atoms with Crippen LogP contribution < -0.4 is 5.56 Å². The van der Waals surface area contributed by atoms with E-state index in [1.807, 2.05) is 12.3 Å². The molecular formula is C17H17N5O3. The lowest BCUT2D eigenvalue weighted by Gasteiger charge is -2.27. The Balaban J connectivity index is 1.67. The Hall–Kier alpha value is -3.00. The maximum Gasteiger partial charge on any atom is 0.279 e. The predicted molar refractivity (Wildman–Crippen MR) is 92.4 cm³/mol. The third kappa shape index (κ3) is 2.70. The van der Waals surface area contributed by atoms with E-state index in [-0.39, 0.29) is 16.2 Å². The molecule has 0 radical (unpaired) electrons. The Kier molecular flexibility index (Phi) is 3.61. The molecule has 8 nitrogen and oxygen atoms in total. The van der Waals surface area contributed by atoms with Gasteiger partial charge in [-0.2, -0.15) is 0 Å². The molecule has 0 amide bonds. The molecule has 0 spiro atoms. The van der Waals surface area contributed by atoms with E-state index in [1.54, 1.807) is 13.0 Å². The molecule has 25 heavy (non-hydrogen) atoms. The third-order valence-corrected chi connectivity index (χ3v) is 4.63. The van der Waals surface area contributed by atoms with E-state index in [0.717, 1.165) is 22.3 Å². The lowest BCUT2D eigenvalue weighted by atomic mass is 10.0. The number of non-ortho nitro benzene ring substituents is 1. The van der Waals surface area contributed by atoms with Crippen molar-refractivity contribution in [3.05, 3.63) is 67.5 Å². The van der Waals surface area contributed by atoms with Crippen LogP contribution in [0.4, 0.5) is 5.69 Å². The number of rotatable bonds is 3. The van der Waals surface area contributed by atoms with Crippen LogP contribution in [0, 0.1) is 17.0 Å². The van der Waals surface area contributed by atoms with Crippen molar-refractivity contribution in [1.29, 1.82) is 0 Å². The van der Waals surface area contributed by atoms with Gasteiger partial charge in [0.25, 0.3) is 11.2 Å². The van der Waals surface area contributed by atoms with Gasteiger partial charge >= 0.3 is 0 Å². The second-order valence-electron chi connectivity index (χ2n) is 6.31. The molecule has 0 saturated carbocycles. The van der Waals surface area contributed by atoms with Gasteiger partial charge in [-0.3, -0.25) is 19.8 Å². The minimum Gasteiger partial charge on any atom is -0.361 e. The lowest BCUT2D eigenvalue weighted by molar-refractivity contribution is -0.383. The predicted octanol–water partition coefficient (Wildman–Crippen LogP) is 2.03. The van der Waals surface area contributed by atoms with E-state index < -0.39 is 0 Å². The van der Waals surface area contributed by atoms with Gasteiger partial charge < -0.3 is 9.97 Å². The molecule has 1 aromatic carbocycles. The SMILES string of the molecule is Cc1nc2c(c(=O)[nH]1)CCN(Cc1c[nH]c3cccc([N+](=O)[O-])c13)C2. The van der Waals surface area contributed by atoms with Gasteiger partial charge in [0.05, 0.1) is 21.5 Å². The summed E-state index contributed by atoms with van der Waals surface area (Å²) in [5.74, 6) is 0.605. The summed E-state index contributed by atoms with van der Waals surface area (Å²) >= 11 is 0. The van der Waals surface area contributed by atoms with Crippen molar-refractivity contribution in [3.8, 4) is 0 Å². The molecule has 0 saturated heterocycles. The molecular weight excluding hydrogens is 322 g/mol. The van der Waals surface area contributed by atoms with Gasteiger partial charge in [0, 0.05) is 37.5 Å². The van der Waals surface area contributed by atoms with E-state index in [2.05, 4.69) is 19.9 Å². The fourth-order valence-electron chi connectivity index (χ4n) is 3.51. The summed E-state index contributed by atoms with van der Waals surface area (Å²) in [5.41, 5.74) is 3.22. The highest BCUT2D eigenvalue weighted by molar-refractivity contribution is 5.91. The van der Waals surface area contributed by atoms with Gasteiger partial charge in [-0.15, -0.1) is 0 Å². The highest BCUT2D eigenvalue weighted by Crippen LogP contribution is 2.30. The maximum atomic E-state index is 12.0. The number of H-pyrrole nitrogens is 2. The molecule has 0 unspecified atom stereocenters. The highest BCUT2D eigenvalue weighted by Gasteiger charge is 2.23. The van der Waals surface area contributed by atoms with Crippen LogP contribution in [0.5, 0.6) is 0 Å². The normalized spacial score (nSPS) is 14.6. The summed E-state index contributed by atoms with van der Waals surface area (Å²) in [6.45, 7) is 3.61. The van der Waals surface area contributed by atoms with Gasteiger partial charge in [-0.05, 0) is 25.0 Å². The Labute approximate surface area is 142 Å². The number of nitro groups is 1. The number of hydrogen-bond acceptors (Lipinski definition) is 5. The zero-order chi connectivity index (χ0) is 17.6. The first kappa shape index (κ1) is 15.5. The largest absolute Gasteiger partial charge is 0.361 e. The summed E-state index contributed by atoms with van der Waals surface area (Å²) in [5, 5.41) is 12.0. The molecule has 2 aromatic heterocycles. The molecule has 0 bridgehead atoms. The molecule has 1 aliphatic rings. The lowest BCUT2D eigenvalue weighted by Crippen LogP contribution is -2.35. The van der Waals surface area contributed by atoms with Gasteiger partial charge in [-0.25, -0.2) is 4.98 Å². The number of nitrogens with zero attached hydrogens (tertiary/aromatic N) is 3. The van der Waals surface area contributed by atoms with Crippen molar-refractivity contribution in [2.75, 3.05) is 6.54 Å². The van der Waals surface area contributed by atoms with E-state index in [0.29, 0.717) is 37.3 Å². The smallest absolute Gasteiger partial charge is 0.279 e. The summed E-state index contributed by atoms with van der Waals surface area (Å²) in [4.78, 5) is 35.4. The quantitative estimate of drug-likeness (QED) is 0.561. The van der Waals surface area contributed by atoms with Crippen LogP contribution in [0.1, 0.15) is 22.6 Å². The molecule has 0 fully saturated rings. The first-order chi connectivity index (χ1) is 12.0. The van der Waals surface area contributed by atoms with Crippen molar-refractivity contribution in [2.24, 2.45) is 0 Å². The van der Waals surface area contributed by atoms with Gasteiger partial charge in [0.2, 0.25) is 0 Å². The van der Waals surface area contributed by atoms with Crippen LogP contribution in [0.15, 0.2) is 29.2 Å². The Morgan fingerprint density at radius 3 is 3.04 bits per heavy atom. The molecule has 3 heterocycles. The van der Waals surface area contributed by atoms with E-state index in [4.69, 9.17) is 0 Å². The summed E-state index contributed by atoms with van der Waals surface area (Å²) in [6.07, 6.45) is 2.45. The highest BCUT2D eigenvalue weighted by atomic mass is 16.6. The summed E-state index contributed by atoms with van der Waals surface area (Å²) in [6, 6.07) is 5.04. The Morgan fingerprint density at radius 2 is 2.24 bits per heavy atom. The van der Waals surface area contributed by atoms with Crippen LogP contribution >= 0.6 is 0 Å². The van der Waals surface area contributed by atoms with E-state index in [9.17, 15) is 14.9 Å². The molecule has 4 rings (SSSR count). The average Bonchev–Trinajstić information content (AvgIpc) is 2.97. The van der Waals surface area contributed by atoms with E-state index >= 15 is 0 Å². The molecule has 2 N–H and O–H groups in total. The third-order valence-electron chi connectivity index (χ3n) is 4.63. The van der Waals surface area contributed by atoms with Crippen molar-refractivity contribution in [3.63, 3.8) is 0 Å². The molecule has 3 aromatic rings. The standard InChI is InChI=1S/C17H17N5O3/c1-10-19-14-9-21(6-5-12(14)17(23)20-10)8-11-7-18-13-3-2-4-15(16(11)13)22(24)25/h2-4,7,18H,5-6,8-9H2,1H3,(H,19,20,23). The zero-order valence-electron chi connectivity index (χ0n) is 13.7. The fraction of sp³-hybridized carbons (Fsp3) is 0.294. The number of aryl methyl sites for hydroxylation is 1. The number of fused-ring (bicyclic) bond motifs is 2. The number of aromatic amines is 2. The van der Waals surface area contributed by atoms with Crippen molar-refractivity contribution < 1.29 is 4.92 Å². The first-order valence-corrected chi connectivity index (χ1v) is 8.07. The average molecular weight is 339 g/mol. The van der Waals surface area contributed by atoms with Crippen molar-refractivity contribution in [1.82, 2.24) is 19.9 Å². The first-order valence-electron chi connectivity index (χ1n) is 8.07. The van der Waals surface area contributed by atoms with Crippen molar-refractivity contribution in [2.45, 2.75) is 26.4 Å². The summed E-state index contributed by atoms with van der Waals surface area (Å²) in [7, 11) is 0. The Morgan fingerprint density at radius 1 is 1.40 bits per heavy atom. The molecule has 0 aliphatic carbocycles. The Bertz CT molecular complexity index is 1040. The van der Waals surface area contributed by atoms with Gasteiger partial charge in [0.1, 0.15) is 5.82 Å². The van der Waals surface area contributed by atoms with Crippen LogP contribution in [-0.4, -0.2) is 31.3 Å². The summed E-state index contributed by atoms with van der Waals surface area (Å²) < 4.78 is 0. The molecule has 0 atom stereocenters. The van der Waals surface area contributed by atoms with Gasteiger partial charge in [-0.1, -0.05) is 6.07 Å². The van der Waals surface area contributed by atoms with E-state index in [1.165, 1.54) is 6.07 Å². The molecule has 1 aliphatic heterocycles. The molecule has 128 valence electrons. The fourth-order valence-corrected chi connectivity index (χ4v) is 3.51. The minimum atomic E-state index is -0.352. The number of nitro benzene ring substituents is 1. The van der Waals surface area contributed by atoms with Crippen molar-refractivity contribution >= 4 is 16.6 Å².